The second kappa shape index (κ2) is 7.18. The van der Waals surface area contributed by atoms with E-state index in [-0.39, 0.29) is 37.3 Å². The molecular formula is C14H13ClF2N4O3. The lowest BCUT2D eigenvalue weighted by atomic mass is 10.3. The number of carbonyl (C=O) groups excluding carboxylic acids is 1. The fourth-order valence-corrected chi connectivity index (χ4v) is 2.53. The molecule has 0 unspecified atom stereocenters. The summed E-state index contributed by atoms with van der Waals surface area (Å²) in [4.78, 5) is 24.7. The van der Waals surface area contributed by atoms with E-state index in [9.17, 15) is 13.6 Å². The topological polar surface area (TPSA) is 77.4 Å². The Morgan fingerprint density at radius 3 is 3.04 bits per heavy atom. The highest BCUT2D eigenvalue weighted by atomic mass is 35.5. The predicted molar refractivity (Wildman–Crippen MR) is 80.2 cm³/mol. The number of rotatable bonds is 4. The zero-order valence-electron chi connectivity index (χ0n) is 12.4. The standard InChI is InChI=1S/C14H13ClF2N4O3/c15-10-5-9-11(19-2-1-18-9)13(20-10)24-7-8-6-21(3-4-23-8)14(22)12(16)17/h1-2,5,8,12H,3-4,6-7H2/t8-/m0/s1. The first-order chi connectivity index (χ1) is 11.5. The molecule has 10 heteroatoms. The Morgan fingerprint density at radius 1 is 1.46 bits per heavy atom. The third-order valence-corrected chi connectivity index (χ3v) is 3.63. The molecule has 0 spiro atoms. The lowest BCUT2D eigenvalue weighted by Gasteiger charge is -2.32. The summed E-state index contributed by atoms with van der Waals surface area (Å²) in [5, 5.41) is 0.192. The molecule has 2 aromatic rings. The van der Waals surface area contributed by atoms with Crippen molar-refractivity contribution in [2.24, 2.45) is 0 Å². The summed E-state index contributed by atoms with van der Waals surface area (Å²) in [7, 11) is 0. The highest BCUT2D eigenvalue weighted by Gasteiger charge is 2.29. The summed E-state index contributed by atoms with van der Waals surface area (Å²) in [6, 6.07) is 1.55. The lowest BCUT2D eigenvalue weighted by molar-refractivity contribution is -0.151. The molecule has 1 atom stereocenters. The summed E-state index contributed by atoms with van der Waals surface area (Å²) >= 11 is 5.92. The Morgan fingerprint density at radius 2 is 2.25 bits per heavy atom. The van der Waals surface area contributed by atoms with Crippen molar-refractivity contribution in [3.63, 3.8) is 0 Å². The van der Waals surface area contributed by atoms with Gasteiger partial charge in [0, 0.05) is 25.0 Å². The van der Waals surface area contributed by atoms with Gasteiger partial charge in [-0.25, -0.2) is 4.98 Å². The Labute approximate surface area is 140 Å². The highest BCUT2D eigenvalue weighted by Crippen LogP contribution is 2.23. The molecular weight excluding hydrogens is 346 g/mol. The van der Waals surface area contributed by atoms with Crippen molar-refractivity contribution in [1.29, 1.82) is 0 Å². The van der Waals surface area contributed by atoms with Crippen LogP contribution in [0.4, 0.5) is 8.78 Å². The van der Waals surface area contributed by atoms with E-state index in [1.54, 1.807) is 6.07 Å². The monoisotopic (exact) mass is 358 g/mol. The molecule has 3 heterocycles. The Bertz CT molecular complexity index is 749. The summed E-state index contributed by atoms with van der Waals surface area (Å²) in [5.74, 6) is -1.04. The number of aromatic nitrogens is 3. The van der Waals surface area contributed by atoms with Gasteiger partial charge in [-0.1, -0.05) is 11.6 Å². The second-order valence-corrected chi connectivity index (χ2v) is 5.45. The number of ether oxygens (including phenoxy) is 2. The average molecular weight is 359 g/mol. The third-order valence-electron chi connectivity index (χ3n) is 3.44. The van der Waals surface area contributed by atoms with Gasteiger partial charge in [0.05, 0.1) is 18.7 Å². The average Bonchev–Trinajstić information content (AvgIpc) is 2.59. The van der Waals surface area contributed by atoms with Crippen LogP contribution in [0.15, 0.2) is 18.5 Å². The number of hydrogen-bond donors (Lipinski definition) is 0. The van der Waals surface area contributed by atoms with Crippen molar-refractivity contribution in [3.8, 4) is 5.88 Å². The minimum Gasteiger partial charge on any atom is -0.473 e. The minimum absolute atomic E-state index is 0.0199. The summed E-state index contributed by atoms with van der Waals surface area (Å²) in [5.41, 5.74) is 0.949. The third kappa shape index (κ3) is 3.68. The van der Waals surface area contributed by atoms with E-state index < -0.39 is 18.4 Å². The van der Waals surface area contributed by atoms with Gasteiger partial charge in [0.2, 0.25) is 5.88 Å². The van der Waals surface area contributed by atoms with Gasteiger partial charge in [-0.15, -0.1) is 0 Å². The summed E-state index contributed by atoms with van der Waals surface area (Å²) < 4.78 is 36.0. The van der Waals surface area contributed by atoms with Crippen LogP contribution in [-0.2, 0) is 9.53 Å². The molecule has 2 aromatic heterocycles. The highest BCUT2D eigenvalue weighted by molar-refractivity contribution is 6.30. The molecule has 0 bridgehead atoms. The van der Waals surface area contributed by atoms with Crippen LogP contribution in [0.5, 0.6) is 5.88 Å². The van der Waals surface area contributed by atoms with E-state index in [0.29, 0.717) is 11.0 Å². The molecule has 0 radical (unpaired) electrons. The molecule has 0 N–H and O–H groups in total. The van der Waals surface area contributed by atoms with Crippen LogP contribution in [0.25, 0.3) is 11.0 Å². The first kappa shape index (κ1) is 16.7. The van der Waals surface area contributed by atoms with Crippen LogP contribution in [0.1, 0.15) is 0 Å². The number of fused-ring (bicyclic) bond motifs is 1. The molecule has 128 valence electrons. The number of hydrogen-bond acceptors (Lipinski definition) is 6. The van der Waals surface area contributed by atoms with Gasteiger partial charge in [0.15, 0.2) is 5.52 Å². The van der Waals surface area contributed by atoms with Crippen LogP contribution >= 0.6 is 11.6 Å². The van der Waals surface area contributed by atoms with Crippen molar-refractivity contribution >= 4 is 28.5 Å². The second-order valence-electron chi connectivity index (χ2n) is 5.06. The van der Waals surface area contributed by atoms with Gasteiger partial charge in [0.1, 0.15) is 17.9 Å². The molecule has 24 heavy (non-hydrogen) atoms. The van der Waals surface area contributed by atoms with Crippen molar-refractivity contribution in [1.82, 2.24) is 19.9 Å². The zero-order chi connectivity index (χ0) is 17.1. The molecule has 0 aromatic carbocycles. The van der Waals surface area contributed by atoms with Crippen molar-refractivity contribution in [2.75, 3.05) is 26.3 Å². The molecule has 1 aliphatic heterocycles. The first-order valence-electron chi connectivity index (χ1n) is 7.13. The summed E-state index contributed by atoms with van der Waals surface area (Å²) in [6.45, 7) is 0.332. The van der Waals surface area contributed by atoms with Gasteiger partial charge >= 0.3 is 6.43 Å². The Kier molecular flexibility index (Phi) is 5.00. The van der Waals surface area contributed by atoms with Crippen LogP contribution in [-0.4, -0.2) is 64.6 Å². The van der Waals surface area contributed by atoms with Crippen LogP contribution in [0.3, 0.4) is 0 Å². The van der Waals surface area contributed by atoms with Crippen molar-refractivity contribution in [3.05, 3.63) is 23.6 Å². The van der Waals surface area contributed by atoms with Crippen LogP contribution in [0, 0.1) is 0 Å². The minimum atomic E-state index is -3.03. The predicted octanol–water partition coefficient (Wildman–Crippen LogP) is 1.55. The molecule has 1 amide bonds. The van der Waals surface area contributed by atoms with Gasteiger partial charge in [-0.3, -0.25) is 9.78 Å². The van der Waals surface area contributed by atoms with Crippen LogP contribution < -0.4 is 4.74 Å². The fraction of sp³-hybridized carbons (Fsp3) is 0.429. The maximum absolute atomic E-state index is 12.5. The normalized spacial score (nSPS) is 18.2. The maximum Gasteiger partial charge on any atom is 0.315 e. The van der Waals surface area contributed by atoms with E-state index in [2.05, 4.69) is 15.0 Å². The van der Waals surface area contributed by atoms with E-state index in [4.69, 9.17) is 21.1 Å². The number of halogens is 3. The van der Waals surface area contributed by atoms with Gasteiger partial charge < -0.3 is 14.4 Å². The number of morpholine rings is 1. The smallest absolute Gasteiger partial charge is 0.315 e. The quantitative estimate of drug-likeness (QED) is 0.772. The van der Waals surface area contributed by atoms with Crippen LogP contribution in [0.2, 0.25) is 5.15 Å². The fourth-order valence-electron chi connectivity index (χ4n) is 2.35. The van der Waals surface area contributed by atoms with E-state index in [1.165, 1.54) is 12.4 Å². The largest absolute Gasteiger partial charge is 0.473 e. The van der Waals surface area contributed by atoms with Gasteiger partial charge in [-0.2, -0.15) is 13.8 Å². The van der Waals surface area contributed by atoms with E-state index in [1.807, 2.05) is 0 Å². The number of carbonyl (C=O) groups is 1. The molecule has 0 aliphatic carbocycles. The van der Waals surface area contributed by atoms with Crippen molar-refractivity contribution < 1.29 is 23.0 Å². The Hall–Kier alpha value is -2.13. The van der Waals surface area contributed by atoms with Crippen molar-refractivity contribution in [2.45, 2.75) is 12.5 Å². The number of amides is 1. The molecule has 7 nitrogen and oxygen atoms in total. The number of pyridine rings is 1. The first-order valence-corrected chi connectivity index (χ1v) is 7.51. The summed E-state index contributed by atoms with van der Waals surface area (Å²) in [6.07, 6.45) is -0.571. The zero-order valence-corrected chi connectivity index (χ0v) is 13.1. The maximum atomic E-state index is 12.5. The van der Waals surface area contributed by atoms with E-state index >= 15 is 0 Å². The molecule has 0 saturated carbocycles. The molecule has 1 saturated heterocycles. The molecule has 1 fully saturated rings. The van der Waals surface area contributed by atoms with Gasteiger partial charge in [-0.05, 0) is 0 Å². The molecule has 3 rings (SSSR count). The number of nitrogens with zero attached hydrogens (tertiary/aromatic N) is 4. The number of alkyl halides is 2. The SMILES string of the molecule is O=C(C(F)F)N1CCO[C@H](COc2nc(Cl)cc3nccnc23)C1. The van der Waals surface area contributed by atoms with E-state index in [0.717, 1.165) is 4.90 Å². The molecule has 1 aliphatic rings. The Balaban J connectivity index is 1.69. The van der Waals surface area contributed by atoms with Gasteiger partial charge in [0.25, 0.3) is 5.91 Å². The lowest BCUT2D eigenvalue weighted by Crippen LogP contribution is -2.49.